The zero-order chi connectivity index (χ0) is 46.6. The van der Waals surface area contributed by atoms with E-state index in [1.807, 2.05) is 37.5 Å². The number of carbonyl (C=O) groups excluding carboxylic acids is 4. The molecule has 66 heavy (non-hydrogen) atoms. The normalized spacial score (nSPS) is 22.3. The monoisotopic (exact) mass is 900 g/mol. The Hall–Kier alpha value is -5.76. The van der Waals surface area contributed by atoms with Gasteiger partial charge in [-0.15, -0.1) is 0 Å². The van der Waals surface area contributed by atoms with Crippen LogP contribution >= 0.6 is 0 Å². The summed E-state index contributed by atoms with van der Waals surface area (Å²) in [5.74, 6) is 0.993. The second kappa shape index (κ2) is 18.5. The van der Waals surface area contributed by atoms with Crippen LogP contribution in [-0.2, 0) is 41.6 Å². The number of aliphatic imine (C=N–C) groups is 1. The number of hydrogen-bond donors (Lipinski definition) is 2. The molecule has 0 radical (unpaired) electrons. The smallest absolute Gasteiger partial charge is 0.407 e. The van der Waals surface area contributed by atoms with Crippen LogP contribution in [0.2, 0.25) is 0 Å². The Bertz CT molecular complexity index is 2580. The summed E-state index contributed by atoms with van der Waals surface area (Å²) < 4.78 is 22.0. The van der Waals surface area contributed by atoms with Gasteiger partial charge in [0.2, 0.25) is 11.8 Å². The number of carbonyl (C=O) groups is 4. The topological polar surface area (TPSA) is 165 Å². The van der Waals surface area contributed by atoms with Gasteiger partial charge in [-0.3, -0.25) is 19.4 Å². The maximum Gasteiger partial charge on any atom is 0.407 e. The Balaban J connectivity index is 0.981. The summed E-state index contributed by atoms with van der Waals surface area (Å²) >= 11 is 0. The average Bonchev–Trinajstić information content (AvgIpc) is 3.60. The van der Waals surface area contributed by atoms with Gasteiger partial charge in [0.25, 0.3) is 0 Å². The van der Waals surface area contributed by atoms with E-state index in [-0.39, 0.29) is 60.1 Å². The van der Waals surface area contributed by atoms with Crippen LogP contribution < -0.4 is 10.1 Å². The molecule has 2 N–H and O–H groups in total. The van der Waals surface area contributed by atoms with Crippen molar-refractivity contribution in [3.05, 3.63) is 65.1 Å². The standard InChI is InChI=1S/C52H64N6O8/c1-9-28(4)46(56-52(62)65-8)51(61)57-24-30(25-63-6)18-43(57)49-54-47(31-11-12-31)48(55-49)33-13-15-35-34(19-33)26-66-44-22-37-32(20-39(35)44)14-16-40-38(37)21-41(53-40)42-17-10-29(5)58(42)50(60)36(27(2)3)23-45(59)64-7/h13-16,19-20,22,27-31,36,42-43,46H,9-12,17-18,21,23-26H2,1-8H3,(H,54,55)(H,56,62)/t28-,29-,30-,36-,42-,43-,46-/m0/s1. The number of rotatable bonds is 14. The highest BCUT2D eigenvalue weighted by atomic mass is 16.5. The van der Waals surface area contributed by atoms with E-state index in [0.717, 1.165) is 98.6 Å². The largest absolute Gasteiger partial charge is 0.488 e. The van der Waals surface area contributed by atoms with E-state index in [0.29, 0.717) is 44.9 Å². The number of hydrogen-bond acceptors (Lipinski definition) is 10. The molecule has 0 unspecified atom stereocenters. The number of H-pyrrole nitrogens is 1. The van der Waals surface area contributed by atoms with Crippen LogP contribution in [0, 0.1) is 23.7 Å². The number of likely N-dealkylation sites (tertiary alicyclic amines) is 2. The van der Waals surface area contributed by atoms with Crippen molar-refractivity contribution in [3.63, 3.8) is 0 Å². The van der Waals surface area contributed by atoms with Gasteiger partial charge in [0.15, 0.2) is 0 Å². The summed E-state index contributed by atoms with van der Waals surface area (Å²) in [6.07, 6.45) is 5.36. The zero-order valence-electron chi connectivity index (χ0n) is 39.6. The van der Waals surface area contributed by atoms with Gasteiger partial charge >= 0.3 is 12.1 Å². The molecular formula is C52H64N6O8. The van der Waals surface area contributed by atoms with E-state index < -0.39 is 18.1 Å². The number of aromatic nitrogens is 2. The van der Waals surface area contributed by atoms with Crippen molar-refractivity contribution < 1.29 is 38.1 Å². The second-order valence-corrected chi connectivity index (χ2v) is 19.6. The highest BCUT2D eigenvalue weighted by molar-refractivity contribution is 6.06. The predicted molar refractivity (Wildman–Crippen MR) is 252 cm³/mol. The van der Waals surface area contributed by atoms with Crippen LogP contribution in [0.1, 0.15) is 114 Å². The van der Waals surface area contributed by atoms with Crippen molar-refractivity contribution in [1.29, 1.82) is 0 Å². The van der Waals surface area contributed by atoms with Gasteiger partial charge in [-0.2, -0.15) is 0 Å². The third-order valence-corrected chi connectivity index (χ3v) is 15.0. The van der Waals surface area contributed by atoms with Gasteiger partial charge in [-0.05, 0) is 103 Å². The van der Waals surface area contributed by atoms with Gasteiger partial charge in [0.05, 0.1) is 56.6 Å². The lowest BCUT2D eigenvalue weighted by molar-refractivity contribution is -0.148. The van der Waals surface area contributed by atoms with Crippen molar-refractivity contribution in [3.8, 4) is 28.1 Å². The molecule has 7 atom stereocenters. The van der Waals surface area contributed by atoms with Crippen molar-refractivity contribution in [1.82, 2.24) is 25.1 Å². The van der Waals surface area contributed by atoms with Crippen molar-refractivity contribution in [2.75, 3.05) is 34.5 Å². The number of imidazole rings is 1. The van der Waals surface area contributed by atoms with E-state index >= 15 is 0 Å². The molecule has 1 aromatic heterocycles. The minimum Gasteiger partial charge on any atom is -0.488 e. The molecule has 4 aromatic rings. The van der Waals surface area contributed by atoms with E-state index in [1.54, 1.807) is 7.11 Å². The molecule has 4 aliphatic heterocycles. The van der Waals surface area contributed by atoms with E-state index in [2.05, 4.69) is 59.7 Å². The van der Waals surface area contributed by atoms with Gasteiger partial charge in [0.1, 0.15) is 24.2 Å². The Morgan fingerprint density at radius 1 is 0.939 bits per heavy atom. The number of benzene rings is 3. The fourth-order valence-corrected chi connectivity index (χ4v) is 10.9. The minimum atomic E-state index is -0.732. The zero-order valence-corrected chi connectivity index (χ0v) is 39.6. The summed E-state index contributed by atoms with van der Waals surface area (Å²) in [7, 11) is 4.37. The highest BCUT2D eigenvalue weighted by Crippen LogP contribution is 2.48. The van der Waals surface area contributed by atoms with E-state index in [4.69, 9.17) is 28.9 Å². The predicted octanol–water partition coefficient (Wildman–Crippen LogP) is 8.82. The summed E-state index contributed by atoms with van der Waals surface area (Å²) in [6.45, 7) is 11.5. The Morgan fingerprint density at radius 2 is 1.74 bits per heavy atom. The average molecular weight is 901 g/mol. The van der Waals surface area contributed by atoms with E-state index in [1.165, 1.54) is 14.2 Å². The third kappa shape index (κ3) is 8.45. The summed E-state index contributed by atoms with van der Waals surface area (Å²) in [5.41, 5.74) is 9.29. The molecule has 3 amide bonds. The number of methoxy groups -OCH3 is 3. The molecule has 1 aliphatic carbocycles. The van der Waals surface area contributed by atoms with Gasteiger partial charge in [-0.25, -0.2) is 9.78 Å². The number of nitrogens with one attached hydrogen (secondary N) is 2. The Kier molecular flexibility index (Phi) is 12.7. The quantitative estimate of drug-likeness (QED) is 0.118. The fraction of sp³-hybridized carbons (Fsp3) is 0.538. The molecular weight excluding hydrogens is 837 g/mol. The van der Waals surface area contributed by atoms with Crippen molar-refractivity contribution >= 4 is 46.0 Å². The first-order chi connectivity index (χ1) is 31.8. The first-order valence-electron chi connectivity index (χ1n) is 23.9. The number of aromatic amines is 1. The Labute approximate surface area is 387 Å². The first-order valence-corrected chi connectivity index (χ1v) is 23.9. The molecule has 14 nitrogen and oxygen atoms in total. The van der Waals surface area contributed by atoms with E-state index in [9.17, 15) is 19.2 Å². The van der Waals surface area contributed by atoms with Gasteiger partial charge in [0, 0.05) is 60.5 Å². The molecule has 3 fully saturated rings. The van der Waals surface area contributed by atoms with Gasteiger partial charge in [-0.1, -0.05) is 52.3 Å². The van der Waals surface area contributed by atoms with Crippen LogP contribution in [0.25, 0.3) is 33.2 Å². The molecule has 350 valence electrons. The minimum absolute atomic E-state index is 0.000219. The van der Waals surface area contributed by atoms with Crippen molar-refractivity contribution in [2.24, 2.45) is 28.7 Å². The SMILES string of the molecule is CC[C@H](C)[C@H](NC(=O)OC)C(=O)N1C[C@@H](COC)C[C@H]1c1nc(-c2ccc3c(c2)COc2cc4c5c(ccc4cc2-3)N=C([C@@H]2CC[C@H](C)N2C(=O)[C@@H](CC(=O)OC)C(C)C)C5)c(C2CC2)[nH]1. The van der Waals surface area contributed by atoms with Crippen LogP contribution in [0.4, 0.5) is 10.5 Å². The van der Waals surface area contributed by atoms with Crippen LogP contribution in [0.5, 0.6) is 5.75 Å². The molecule has 5 aliphatic rings. The molecule has 0 spiro atoms. The lowest BCUT2D eigenvalue weighted by Crippen LogP contribution is -2.51. The van der Waals surface area contributed by atoms with Crippen LogP contribution in [0.3, 0.4) is 0 Å². The molecule has 14 heteroatoms. The highest BCUT2D eigenvalue weighted by Gasteiger charge is 2.44. The molecule has 9 rings (SSSR count). The number of ether oxygens (including phenoxy) is 4. The maximum atomic E-state index is 14.4. The number of amides is 3. The molecule has 2 saturated heterocycles. The molecule has 3 aromatic carbocycles. The maximum absolute atomic E-state index is 14.4. The van der Waals surface area contributed by atoms with Gasteiger partial charge < -0.3 is 39.0 Å². The lowest BCUT2D eigenvalue weighted by Gasteiger charge is -2.33. The third-order valence-electron chi connectivity index (χ3n) is 15.0. The number of esters is 1. The molecule has 5 heterocycles. The number of alkyl carbamates (subject to hydrolysis) is 1. The number of nitrogens with zero attached hydrogens (tertiary/aromatic N) is 4. The molecule has 1 saturated carbocycles. The lowest BCUT2D eigenvalue weighted by atomic mass is 9.89. The number of fused-ring (bicyclic) bond motifs is 6. The summed E-state index contributed by atoms with van der Waals surface area (Å²) in [5, 5.41) is 5.01. The first kappa shape index (κ1) is 45.4. The summed E-state index contributed by atoms with van der Waals surface area (Å²) in [4.78, 5) is 71.3. The summed E-state index contributed by atoms with van der Waals surface area (Å²) in [6, 6.07) is 14.0. The van der Waals surface area contributed by atoms with Crippen LogP contribution in [-0.4, -0.2) is 102 Å². The fourth-order valence-electron chi connectivity index (χ4n) is 10.9. The Morgan fingerprint density at radius 3 is 2.45 bits per heavy atom. The van der Waals surface area contributed by atoms with Crippen molar-refractivity contribution in [2.45, 2.75) is 123 Å². The molecule has 0 bridgehead atoms. The van der Waals surface area contributed by atoms with Crippen LogP contribution in [0.15, 0.2) is 47.5 Å². The second-order valence-electron chi connectivity index (χ2n) is 19.6.